The Morgan fingerprint density at radius 1 is 1.50 bits per heavy atom. The van der Waals surface area contributed by atoms with Crippen LogP contribution in [0.3, 0.4) is 0 Å². The van der Waals surface area contributed by atoms with Crippen LogP contribution < -0.4 is 0 Å². The highest BCUT2D eigenvalue weighted by atomic mass is 16.5. The van der Waals surface area contributed by atoms with Gasteiger partial charge in [-0.05, 0) is 30.6 Å². The number of ether oxygens (including phenoxy) is 1. The molecule has 1 aliphatic carbocycles. The van der Waals surface area contributed by atoms with Crippen LogP contribution in [-0.2, 0) is 4.74 Å². The molecule has 1 atom stereocenters. The molecule has 1 rings (SSSR count). The van der Waals surface area contributed by atoms with Crippen LogP contribution >= 0.6 is 0 Å². The minimum atomic E-state index is 0.249. The Morgan fingerprint density at radius 2 is 2.17 bits per heavy atom. The lowest BCUT2D eigenvalue weighted by molar-refractivity contribution is -0.0176. The molecule has 0 spiro atoms. The van der Waals surface area contributed by atoms with Gasteiger partial charge in [-0.25, -0.2) is 0 Å². The average molecular weight is 172 g/mol. The predicted molar refractivity (Wildman–Crippen MR) is 49.0 cm³/mol. The predicted octanol–water partition coefficient (Wildman–Crippen LogP) is 1.82. The van der Waals surface area contributed by atoms with Gasteiger partial charge in [-0.2, -0.15) is 0 Å². The Kier molecular flexibility index (Phi) is 3.53. The summed E-state index contributed by atoms with van der Waals surface area (Å²) in [6, 6.07) is 0. The molecule has 72 valence electrons. The number of rotatable bonds is 5. The Balaban J connectivity index is 2.32. The van der Waals surface area contributed by atoms with E-state index in [9.17, 15) is 5.11 Å². The van der Waals surface area contributed by atoms with Crippen molar-refractivity contribution in [2.45, 2.75) is 32.6 Å². The van der Waals surface area contributed by atoms with E-state index >= 15 is 0 Å². The minimum absolute atomic E-state index is 0.249. The van der Waals surface area contributed by atoms with Crippen LogP contribution in [0.5, 0.6) is 0 Å². The fourth-order valence-electron chi connectivity index (χ4n) is 2.04. The summed E-state index contributed by atoms with van der Waals surface area (Å²) in [5.74, 6) is 0.608. The third-order valence-corrected chi connectivity index (χ3v) is 3.46. The van der Waals surface area contributed by atoms with Gasteiger partial charge in [0.2, 0.25) is 0 Å². The Labute approximate surface area is 74.9 Å². The van der Waals surface area contributed by atoms with Crippen LogP contribution in [0.25, 0.3) is 0 Å². The van der Waals surface area contributed by atoms with Gasteiger partial charge in [0.05, 0.1) is 0 Å². The zero-order chi connectivity index (χ0) is 9.03. The van der Waals surface area contributed by atoms with Crippen LogP contribution in [0.2, 0.25) is 0 Å². The van der Waals surface area contributed by atoms with Gasteiger partial charge in [0, 0.05) is 20.3 Å². The van der Waals surface area contributed by atoms with Crippen molar-refractivity contribution >= 4 is 0 Å². The fraction of sp³-hybridized carbons (Fsp3) is 1.00. The fourth-order valence-corrected chi connectivity index (χ4v) is 2.04. The van der Waals surface area contributed by atoms with Gasteiger partial charge in [-0.3, -0.25) is 0 Å². The molecule has 0 aliphatic heterocycles. The number of hydrogen-bond acceptors (Lipinski definition) is 2. The quantitative estimate of drug-likeness (QED) is 0.685. The summed E-state index contributed by atoms with van der Waals surface area (Å²) in [4.78, 5) is 0. The van der Waals surface area contributed by atoms with E-state index in [0.29, 0.717) is 12.5 Å². The molecule has 0 aromatic heterocycles. The Bertz CT molecular complexity index is 124. The summed E-state index contributed by atoms with van der Waals surface area (Å²) in [6.45, 7) is 3.41. The normalized spacial score (nSPS) is 23.2. The average Bonchev–Trinajstić information content (AvgIpc) is 2.00. The summed E-state index contributed by atoms with van der Waals surface area (Å²) in [7, 11) is 1.74. The van der Waals surface area contributed by atoms with Gasteiger partial charge >= 0.3 is 0 Å². The van der Waals surface area contributed by atoms with E-state index in [1.165, 1.54) is 19.3 Å². The molecule has 12 heavy (non-hydrogen) atoms. The van der Waals surface area contributed by atoms with Crippen LogP contribution in [0, 0.1) is 11.3 Å². The second-order valence-electron chi connectivity index (χ2n) is 4.06. The third-order valence-electron chi connectivity index (χ3n) is 3.46. The molecule has 0 aromatic rings. The molecule has 1 unspecified atom stereocenters. The molecule has 0 heterocycles. The maximum atomic E-state index is 9.27. The summed E-state index contributed by atoms with van der Waals surface area (Å²) >= 11 is 0. The van der Waals surface area contributed by atoms with Gasteiger partial charge < -0.3 is 9.84 Å². The van der Waals surface area contributed by atoms with Crippen molar-refractivity contribution in [3.05, 3.63) is 0 Å². The number of hydrogen-bond donors (Lipinski definition) is 1. The molecule has 1 saturated carbocycles. The van der Waals surface area contributed by atoms with Crippen molar-refractivity contribution in [2.75, 3.05) is 20.3 Å². The highest BCUT2D eigenvalue weighted by Crippen LogP contribution is 2.47. The number of methoxy groups -OCH3 is 1. The lowest BCUT2D eigenvalue weighted by atomic mass is 9.61. The minimum Gasteiger partial charge on any atom is -0.396 e. The smallest absolute Gasteiger partial charge is 0.0489 e. The lowest BCUT2D eigenvalue weighted by Crippen LogP contribution is -2.39. The van der Waals surface area contributed by atoms with Gasteiger partial charge in [0.25, 0.3) is 0 Å². The summed E-state index contributed by atoms with van der Waals surface area (Å²) in [5.41, 5.74) is 0.249. The maximum absolute atomic E-state index is 9.27. The molecular formula is C10H20O2. The first-order valence-electron chi connectivity index (χ1n) is 4.85. The second-order valence-corrected chi connectivity index (χ2v) is 4.06. The molecule has 1 fully saturated rings. The highest BCUT2D eigenvalue weighted by Gasteiger charge is 2.40. The third kappa shape index (κ3) is 1.80. The first-order chi connectivity index (χ1) is 5.75. The van der Waals surface area contributed by atoms with E-state index in [1.807, 2.05) is 0 Å². The number of aliphatic hydroxyl groups is 1. The first-order valence-corrected chi connectivity index (χ1v) is 4.85. The van der Waals surface area contributed by atoms with Crippen molar-refractivity contribution in [1.82, 2.24) is 0 Å². The van der Waals surface area contributed by atoms with Crippen molar-refractivity contribution in [3.63, 3.8) is 0 Å². The van der Waals surface area contributed by atoms with Crippen LogP contribution in [0.4, 0.5) is 0 Å². The van der Waals surface area contributed by atoms with Crippen molar-refractivity contribution in [3.8, 4) is 0 Å². The molecule has 0 bridgehead atoms. The second kappa shape index (κ2) is 4.24. The van der Waals surface area contributed by atoms with E-state index in [0.717, 1.165) is 13.0 Å². The summed E-state index contributed by atoms with van der Waals surface area (Å²) in [6.07, 6.45) is 4.78. The monoisotopic (exact) mass is 172 g/mol. The Morgan fingerprint density at radius 3 is 2.50 bits per heavy atom. The topological polar surface area (TPSA) is 29.5 Å². The Hall–Kier alpha value is -0.0800. The van der Waals surface area contributed by atoms with E-state index in [4.69, 9.17) is 4.74 Å². The number of aliphatic hydroxyl groups excluding tert-OH is 1. The zero-order valence-corrected chi connectivity index (χ0v) is 8.18. The lowest BCUT2D eigenvalue weighted by Gasteiger charge is -2.45. The largest absolute Gasteiger partial charge is 0.396 e. The maximum Gasteiger partial charge on any atom is 0.0489 e. The van der Waals surface area contributed by atoms with Gasteiger partial charge in [0.15, 0.2) is 0 Å². The van der Waals surface area contributed by atoms with Crippen molar-refractivity contribution < 1.29 is 9.84 Å². The van der Waals surface area contributed by atoms with E-state index < -0.39 is 0 Å². The van der Waals surface area contributed by atoms with Crippen LogP contribution in [-0.4, -0.2) is 25.4 Å². The summed E-state index contributed by atoms with van der Waals surface area (Å²) < 4.78 is 5.04. The standard InChI is InChI=1S/C10H20O2/c1-9(4-7-12-2)10(8-11)5-3-6-10/h9,11H,3-8H2,1-2H3. The van der Waals surface area contributed by atoms with Crippen LogP contribution in [0.15, 0.2) is 0 Å². The molecule has 0 saturated heterocycles. The van der Waals surface area contributed by atoms with E-state index in [-0.39, 0.29) is 5.41 Å². The van der Waals surface area contributed by atoms with Crippen LogP contribution in [0.1, 0.15) is 32.6 Å². The molecular weight excluding hydrogens is 152 g/mol. The molecule has 1 N–H and O–H groups in total. The van der Waals surface area contributed by atoms with Gasteiger partial charge in [-0.15, -0.1) is 0 Å². The molecule has 2 heteroatoms. The van der Waals surface area contributed by atoms with Crippen molar-refractivity contribution in [2.24, 2.45) is 11.3 Å². The first kappa shape index (κ1) is 10.0. The zero-order valence-electron chi connectivity index (χ0n) is 8.18. The summed E-state index contributed by atoms with van der Waals surface area (Å²) in [5, 5.41) is 9.27. The van der Waals surface area contributed by atoms with Crippen molar-refractivity contribution in [1.29, 1.82) is 0 Å². The molecule has 2 nitrogen and oxygen atoms in total. The molecule has 1 aliphatic rings. The SMILES string of the molecule is COCCC(C)C1(CO)CCC1. The molecule has 0 radical (unpaired) electrons. The van der Waals surface area contributed by atoms with Gasteiger partial charge in [-0.1, -0.05) is 13.3 Å². The van der Waals surface area contributed by atoms with E-state index in [1.54, 1.807) is 7.11 Å². The molecule has 0 aromatic carbocycles. The van der Waals surface area contributed by atoms with E-state index in [2.05, 4.69) is 6.92 Å². The van der Waals surface area contributed by atoms with Gasteiger partial charge in [0.1, 0.15) is 0 Å². The molecule has 0 amide bonds. The highest BCUT2D eigenvalue weighted by molar-refractivity contribution is 4.91.